The van der Waals surface area contributed by atoms with E-state index >= 15 is 0 Å². The number of rotatable bonds is 3. The molecule has 80 valence electrons. The van der Waals surface area contributed by atoms with Gasteiger partial charge in [0, 0.05) is 6.42 Å². The first kappa shape index (κ1) is 12.4. The number of halogens is 2. The van der Waals surface area contributed by atoms with Crippen molar-refractivity contribution in [1.29, 1.82) is 5.26 Å². The van der Waals surface area contributed by atoms with E-state index in [4.69, 9.17) is 28.5 Å². The average Bonchev–Trinajstić information content (AvgIpc) is 2.18. The lowest BCUT2D eigenvalue weighted by molar-refractivity contribution is 0.862. The van der Waals surface area contributed by atoms with Crippen molar-refractivity contribution in [1.82, 2.24) is 0 Å². The maximum atomic E-state index is 8.68. The van der Waals surface area contributed by atoms with E-state index in [9.17, 15) is 0 Å². The molecule has 1 aromatic rings. The molecule has 0 aliphatic carbocycles. The van der Waals surface area contributed by atoms with E-state index in [-0.39, 0.29) is 0 Å². The SMILES string of the molecule is CC(C)c1ccc(CC(Cl)(Cl)C#N)cc1. The molecule has 0 bridgehead atoms. The van der Waals surface area contributed by atoms with Crippen LogP contribution in [0.3, 0.4) is 0 Å². The van der Waals surface area contributed by atoms with Gasteiger partial charge in [-0.2, -0.15) is 5.26 Å². The third-order valence-electron chi connectivity index (χ3n) is 2.24. The summed E-state index contributed by atoms with van der Waals surface area (Å²) in [6, 6.07) is 9.87. The molecule has 0 saturated heterocycles. The predicted molar refractivity (Wildman–Crippen MR) is 64.3 cm³/mol. The Balaban J connectivity index is 2.78. The van der Waals surface area contributed by atoms with Crippen LogP contribution in [0, 0.1) is 11.3 Å². The Morgan fingerprint density at radius 1 is 1.27 bits per heavy atom. The minimum absolute atomic E-state index is 0.352. The van der Waals surface area contributed by atoms with Crippen LogP contribution in [-0.4, -0.2) is 4.33 Å². The van der Waals surface area contributed by atoms with Crippen molar-refractivity contribution in [2.75, 3.05) is 0 Å². The molecule has 15 heavy (non-hydrogen) atoms. The lowest BCUT2D eigenvalue weighted by atomic mass is 10.0. The number of nitriles is 1. The van der Waals surface area contributed by atoms with Gasteiger partial charge in [-0.05, 0) is 17.0 Å². The van der Waals surface area contributed by atoms with Gasteiger partial charge in [0.25, 0.3) is 0 Å². The first-order valence-electron chi connectivity index (χ1n) is 4.82. The van der Waals surface area contributed by atoms with Crippen LogP contribution in [0.15, 0.2) is 24.3 Å². The summed E-state index contributed by atoms with van der Waals surface area (Å²) < 4.78 is -1.32. The van der Waals surface area contributed by atoms with Crippen LogP contribution in [0.2, 0.25) is 0 Å². The van der Waals surface area contributed by atoms with Crippen LogP contribution >= 0.6 is 23.2 Å². The molecule has 0 heterocycles. The summed E-state index contributed by atoms with van der Waals surface area (Å²) in [6.45, 7) is 4.27. The van der Waals surface area contributed by atoms with Gasteiger partial charge in [-0.25, -0.2) is 0 Å². The van der Waals surface area contributed by atoms with E-state index in [2.05, 4.69) is 13.8 Å². The third-order valence-corrected chi connectivity index (χ3v) is 2.67. The molecule has 1 nitrogen and oxygen atoms in total. The van der Waals surface area contributed by atoms with Gasteiger partial charge < -0.3 is 0 Å². The Morgan fingerprint density at radius 2 is 1.80 bits per heavy atom. The standard InChI is InChI=1S/C12H13Cl2N/c1-9(2)11-5-3-10(4-6-11)7-12(13,14)8-15/h3-6,9H,7H2,1-2H3. The highest BCUT2D eigenvalue weighted by Crippen LogP contribution is 2.25. The van der Waals surface area contributed by atoms with Gasteiger partial charge in [0.2, 0.25) is 4.33 Å². The monoisotopic (exact) mass is 241 g/mol. The largest absolute Gasteiger partial charge is 0.207 e. The fourth-order valence-electron chi connectivity index (χ4n) is 1.32. The van der Waals surface area contributed by atoms with Crippen LogP contribution in [0.5, 0.6) is 0 Å². The Kier molecular flexibility index (Phi) is 4.02. The summed E-state index contributed by atoms with van der Waals surface area (Å²) in [4.78, 5) is 0. The molecule has 1 rings (SSSR count). The molecule has 1 aromatic carbocycles. The van der Waals surface area contributed by atoms with E-state index in [1.807, 2.05) is 30.3 Å². The third kappa shape index (κ3) is 3.74. The van der Waals surface area contributed by atoms with Crippen molar-refractivity contribution in [3.05, 3.63) is 35.4 Å². The molecule has 0 fully saturated rings. The lowest BCUT2D eigenvalue weighted by Crippen LogP contribution is -2.13. The van der Waals surface area contributed by atoms with Crippen LogP contribution in [0.4, 0.5) is 0 Å². The zero-order valence-corrected chi connectivity index (χ0v) is 10.3. The summed E-state index contributed by atoms with van der Waals surface area (Å²) >= 11 is 11.5. The number of benzene rings is 1. The number of hydrogen-bond acceptors (Lipinski definition) is 1. The normalized spacial score (nSPS) is 11.5. The van der Waals surface area contributed by atoms with Gasteiger partial charge in [-0.1, -0.05) is 61.3 Å². The fraction of sp³-hybridized carbons (Fsp3) is 0.417. The zero-order valence-electron chi connectivity index (χ0n) is 8.80. The van der Waals surface area contributed by atoms with Gasteiger partial charge in [0.05, 0.1) is 0 Å². The Bertz CT molecular complexity index is 360. The second-order valence-electron chi connectivity index (χ2n) is 3.89. The summed E-state index contributed by atoms with van der Waals surface area (Å²) in [5, 5.41) is 8.68. The minimum Gasteiger partial charge on any atom is -0.195 e. The van der Waals surface area contributed by atoms with Crippen molar-refractivity contribution in [3.63, 3.8) is 0 Å². The molecule has 3 heteroatoms. The van der Waals surface area contributed by atoms with Crippen molar-refractivity contribution in [2.24, 2.45) is 0 Å². The van der Waals surface area contributed by atoms with Crippen molar-refractivity contribution >= 4 is 23.2 Å². The summed E-state index contributed by atoms with van der Waals surface area (Å²) in [5.41, 5.74) is 2.25. The molecular weight excluding hydrogens is 229 g/mol. The summed E-state index contributed by atoms with van der Waals surface area (Å²) in [5.74, 6) is 0.506. The van der Waals surface area contributed by atoms with Gasteiger partial charge in [-0.3, -0.25) is 0 Å². The van der Waals surface area contributed by atoms with Crippen molar-refractivity contribution in [2.45, 2.75) is 30.5 Å². The van der Waals surface area contributed by atoms with Crippen molar-refractivity contribution < 1.29 is 0 Å². The predicted octanol–water partition coefficient (Wildman–Crippen LogP) is 4.05. The summed E-state index contributed by atoms with van der Waals surface area (Å²) in [7, 11) is 0. The molecule has 0 saturated carbocycles. The van der Waals surface area contributed by atoms with E-state index in [1.165, 1.54) is 5.56 Å². The van der Waals surface area contributed by atoms with E-state index in [0.29, 0.717) is 12.3 Å². The van der Waals surface area contributed by atoms with Gasteiger partial charge in [0.1, 0.15) is 6.07 Å². The van der Waals surface area contributed by atoms with Gasteiger partial charge in [0.15, 0.2) is 0 Å². The highest BCUT2D eigenvalue weighted by Gasteiger charge is 2.23. The van der Waals surface area contributed by atoms with E-state index in [0.717, 1.165) is 5.56 Å². The van der Waals surface area contributed by atoms with Crippen LogP contribution in [0.25, 0.3) is 0 Å². The molecular formula is C12H13Cl2N. The maximum absolute atomic E-state index is 8.68. The second kappa shape index (κ2) is 4.88. The number of nitrogens with zero attached hydrogens (tertiary/aromatic N) is 1. The highest BCUT2D eigenvalue weighted by atomic mass is 35.5. The molecule has 0 atom stereocenters. The second-order valence-corrected chi connectivity index (χ2v) is 5.37. The highest BCUT2D eigenvalue weighted by molar-refractivity contribution is 6.50. The fourth-order valence-corrected chi connectivity index (χ4v) is 1.62. The molecule has 0 amide bonds. The van der Waals surface area contributed by atoms with Crippen LogP contribution < -0.4 is 0 Å². The number of alkyl halides is 2. The molecule has 0 aliphatic rings. The first-order valence-corrected chi connectivity index (χ1v) is 5.58. The van der Waals surface area contributed by atoms with Gasteiger partial charge >= 0.3 is 0 Å². The summed E-state index contributed by atoms with van der Waals surface area (Å²) in [6.07, 6.45) is 0.352. The molecule has 0 unspecified atom stereocenters. The van der Waals surface area contributed by atoms with Gasteiger partial charge in [-0.15, -0.1) is 0 Å². The Hall–Kier alpha value is -0.710. The van der Waals surface area contributed by atoms with E-state index in [1.54, 1.807) is 0 Å². The average molecular weight is 242 g/mol. The number of hydrogen-bond donors (Lipinski definition) is 0. The Morgan fingerprint density at radius 3 is 2.20 bits per heavy atom. The zero-order chi connectivity index (χ0) is 11.5. The first-order chi connectivity index (χ1) is 6.94. The van der Waals surface area contributed by atoms with Crippen LogP contribution in [0.1, 0.15) is 30.9 Å². The quantitative estimate of drug-likeness (QED) is 0.733. The molecule has 0 N–H and O–H groups in total. The maximum Gasteiger partial charge on any atom is 0.207 e. The molecule has 0 aliphatic heterocycles. The molecule has 0 radical (unpaired) electrons. The Labute approximate surface area is 101 Å². The topological polar surface area (TPSA) is 23.8 Å². The minimum atomic E-state index is -1.32. The molecule has 0 spiro atoms. The molecule has 0 aromatic heterocycles. The smallest absolute Gasteiger partial charge is 0.195 e. The lowest BCUT2D eigenvalue weighted by Gasteiger charge is -2.11. The van der Waals surface area contributed by atoms with Crippen molar-refractivity contribution in [3.8, 4) is 6.07 Å². The van der Waals surface area contributed by atoms with E-state index < -0.39 is 4.33 Å². The van der Waals surface area contributed by atoms with Crippen LogP contribution in [-0.2, 0) is 6.42 Å².